The number of hydrogen-bond acceptors (Lipinski definition) is 6. The van der Waals surface area contributed by atoms with Crippen LogP contribution in [0, 0.1) is 0 Å². The highest BCUT2D eigenvalue weighted by Gasteiger charge is 2.39. The van der Waals surface area contributed by atoms with Crippen LogP contribution in [-0.2, 0) is 16.0 Å². The van der Waals surface area contributed by atoms with Gasteiger partial charge in [-0.2, -0.15) is 0 Å². The number of ether oxygens (including phenoxy) is 1. The normalized spacial score (nSPS) is 19.7. The molecule has 28 heavy (non-hydrogen) atoms. The van der Waals surface area contributed by atoms with Crippen molar-refractivity contribution in [2.24, 2.45) is 0 Å². The molecule has 1 aromatic carbocycles. The van der Waals surface area contributed by atoms with Crippen LogP contribution in [-0.4, -0.2) is 64.1 Å². The highest BCUT2D eigenvalue weighted by Crippen LogP contribution is 2.29. The molecule has 1 fully saturated rings. The van der Waals surface area contributed by atoms with E-state index < -0.39 is 5.97 Å². The Labute approximate surface area is 164 Å². The smallest absolute Gasteiger partial charge is 0.360 e. The summed E-state index contributed by atoms with van der Waals surface area (Å²) >= 11 is 0. The quantitative estimate of drug-likeness (QED) is 0.726. The van der Waals surface area contributed by atoms with Crippen molar-refractivity contribution in [1.29, 1.82) is 0 Å². The highest BCUT2D eigenvalue weighted by atomic mass is 16.5. The maximum Gasteiger partial charge on any atom is 0.360 e. The molecule has 0 bridgehead atoms. The molecule has 0 radical (unpaired) electrons. The number of methoxy groups -OCH3 is 1. The van der Waals surface area contributed by atoms with Crippen LogP contribution >= 0.6 is 0 Å². The average molecular weight is 385 g/mol. The van der Waals surface area contributed by atoms with Crippen molar-refractivity contribution in [2.45, 2.75) is 44.8 Å². The number of carbonyl (C=O) groups excluding carboxylic acids is 2. The Morgan fingerprint density at radius 3 is 2.71 bits per heavy atom. The molecule has 8 heteroatoms. The number of likely N-dealkylation sites (tertiary alicyclic amines) is 1. The third kappa shape index (κ3) is 4.56. The monoisotopic (exact) mass is 385 g/mol. The molecule has 2 heterocycles. The lowest BCUT2D eigenvalue weighted by molar-refractivity contribution is -0.126. The molecule has 0 aliphatic carbocycles. The first-order valence-corrected chi connectivity index (χ1v) is 9.57. The van der Waals surface area contributed by atoms with Gasteiger partial charge in [0.1, 0.15) is 0 Å². The average Bonchev–Trinajstić information content (AvgIpc) is 3.35. The molecule has 0 spiro atoms. The van der Waals surface area contributed by atoms with Gasteiger partial charge in [0, 0.05) is 19.1 Å². The Kier molecular flexibility index (Phi) is 6.41. The van der Waals surface area contributed by atoms with Gasteiger partial charge in [-0.25, -0.2) is 9.48 Å². The Hall–Kier alpha value is -2.74. The number of nitrogens with one attached hydrogen (secondary N) is 1. The van der Waals surface area contributed by atoms with E-state index in [0.29, 0.717) is 19.5 Å². The fourth-order valence-corrected chi connectivity index (χ4v) is 3.60. The number of esters is 1. The summed E-state index contributed by atoms with van der Waals surface area (Å²) in [6.07, 6.45) is 3.01. The van der Waals surface area contributed by atoms with E-state index in [-0.39, 0.29) is 29.7 Å². The maximum atomic E-state index is 12.8. The van der Waals surface area contributed by atoms with E-state index in [0.717, 1.165) is 6.42 Å². The van der Waals surface area contributed by atoms with Gasteiger partial charge in [0.15, 0.2) is 5.69 Å². The lowest BCUT2D eigenvalue weighted by Gasteiger charge is -2.27. The summed E-state index contributed by atoms with van der Waals surface area (Å²) in [6, 6.07) is 10.1. The molecule has 1 amide bonds. The van der Waals surface area contributed by atoms with Gasteiger partial charge in [-0.15, -0.1) is 5.10 Å². The van der Waals surface area contributed by atoms with Crippen molar-refractivity contribution in [2.75, 3.05) is 20.2 Å². The summed E-state index contributed by atoms with van der Waals surface area (Å²) in [6.45, 7) is 5.44. The zero-order chi connectivity index (χ0) is 20.1. The predicted molar refractivity (Wildman–Crippen MR) is 104 cm³/mol. The molecule has 2 atom stereocenters. The minimum Gasteiger partial charge on any atom is -0.464 e. The van der Waals surface area contributed by atoms with Gasteiger partial charge in [0.25, 0.3) is 0 Å². The van der Waals surface area contributed by atoms with Crippen molar-refractivity contribution in [1.82, 2.24) is 25.2 Å². The predicted octanol–water partition coefficient (Wildman–Crippen LogP) is 1.45. The minimum absolute atomic E-state index is 0.0156. The summed E-state index contributed by atoms with van der Waals surface area (Å²) in [5, 5.41) is 11.0. The topological polar surface area (TPSA) is 89.4 Å². The lowest BCUT2D eigenvalue weighted by Crippen LogP contribution is -2.46. The number of carbonyl (C=O) groups is 2. The Bertz CT molecular complexity index is 805. The lowest BCUT2D eigenvalue weighted by atomic mass is 10.1. The first kappa shape index (κ1) is 20.0. The van der Waals surface area contributed by atoms with E-state index in [1.807, 2.05) is 18.2 Å². The standard InChI is InChI=1S/C20H27N5O3/c1-14(2)24-12-16(25-13-17(22-23-25)20(27)28-3)11-18(24)19(26)21-10-9-15-7-5-4-6-8-15/h4-8,13-14,16,18H,9-12H2,1-3H3,(H,21,26)/t16-,18+/m1/s1. The summed E-state index contributed by atoms with van der Waals surface area (Å²) in [7, 11) is 1.31. The number of aromatic nitrogens is 3. The van der Waals surface area contributed by atoms with Crippen molar-refractivity contribution < 1.29 is 14.3 Å². The minimum atomic E-state index is -0.514. The number of nitrogens with zero attached hydrogens (tertiary/aromatic N) is 4. The molecule has 1 N–H and O–H groups in total. The fraction of sp³-hybridized carbons (Fsp3) is 0.500. The summed E-state index contributed by atoms with van der Waals surface area (Å²) in [5.41, 5.74) is 1.38. The third-order valence-corrected chi connectivity index (χ3v) is 5.12. The van der Waals surface area contributed by atoms with Crippen LogP contribution in [0.15, 0.2) is 36.5 Å². The van der Waals surface area contributed by atoms with Gasteiger partial charge < -0.3 is 10.1 Å². The molecule has 0 unspecified atom stereocenters. The Balaban J connectivity index is 1.62. The van der Waals surface area contributed by atoms with Crippen LogP contribution in [0.2, 0.25) is 0 Å². The van der Waals surface area contributed by atoms with E-state index in [1.165, 1.54) is 12.7 Å². The Morgan fingerprint density at radius 2 is 2.04 bits per heavy atom. The van der Waals surface area contributed by atoms with Crippen molar-refractivity contribution in [3.05, 3.63) is 47.8 Å². The van der Waals surface area contributed by atoms with E-state index in [1.54, 1.807) is 10.9 Å². The van der Waals surface area contributed by atoms with E-state index in [9.17, 15) is 9.59 Å². The number of hydrogen-bond donors (Lipinski definition) is 1. The van der Waals surface area contributed by atoms with Crippen molar-refractivity contribution >= 4 is 11.9 Å². The zero-order valence-corrected chi connectivity index (χ0v) is 16.5. The number of rotatable bonds is 7. The van der Waals surface area contributed by atoms with E-state index >= 15 is 0 Å². The van der Waals surface area contributed by atoms with Gasteiger partial charge in [-0.05, 0) is 32.3 Å². The van der Waals surface area contributed by atoms with Crippen molar-refractivity contribution in [3.8, 4) is 0 Å². The first-order valence-electron chi connectivity index (χ1n) is 9.57. The van der Waals surface area contributed by atoms with Gasteiger partial charge in [-0.3, -0.25) is 9.69 Å². The van der Waals surface area contributed by atoms with E-state index in [2.05, 4.69) is 51.2 Å². The molecular formula is C20H27N5O3. The Morgan fingerprint density at radius 1 is 1.29 bits per heavy atom. The molecule has 1 aliphatic rings. The van der Waals surface area contributed by atoms with Crippen molar-refractivity contribution in [3.63, 3.8) is 0 Å². The molecule has 1 saturated heterocycles. The molecule has 0 saturated carbocycles. The SMILES string of the molecule is COC(=O)c1cn([C@@H]2C[C@@H](C(=O)NCCc3ccccc3)N(C(C)C)C2)nn1. The van der Waals surface area contributed by atoms with Gasteiger partial charge in [0.2, 0.25) is 5.91 Å². The first-order chi connectivity index (χ1) is 13.5. The zero-order valence-electron chi connectivity index (χ0n) is 16.5. The second-order valence-corrected chi connectivity index (χ2v) is 7.30. The second-order valence-electron chi connectivity index (χ2n) is 7.30. The molecular weight excluding hydrogens is 358 g/mol. The molecule has 150 valence electrons. The molecule has 2 aromatic rings. The van der Waals surface area contributed by atoms with Gasteiger partial charge in [-0.1, -0.05) is 35.5 Å². The molecule has 1 aromatic heterocycles. The van der Waals surface area contributed by atoms with E-state index in [4.69, 9.17) is 0 Å². The van der Waals surface area contributed by atoms with Crippen LogP contribution in [0.4, 0.5) is 0 Å². The number of benzene rings is 1. The summed E-state index contributed by atoms with van der Waals surface area (Å²) in [5.74, 6) is -0.486. The molecule has 8 nitrogen and oxygen atoms in total. The summed E-state index contributed by atoms with van der Waals surface area (Å²) < 4.78 is 6.35. The van der Waals surface area contributed by atoms with Crippen LogP contribution in [0.3, 0.4) is 0 Å². The van der Waals surface area contributed by atoms with Crippen LogP contribution in [0.5, 0.6) is 0 Å². The highest BCUT2D eigenvalue weighted by molar-refractivity contribution is 5.86. The molecule has 1 aliphatic heterocycles. The molecule has 3 rings (SSSR count). The largest absolute Gasteiger partial charge is 0.464 e. The summed E-state index contributed by atoms with van der Waals surface area (Å²) in [4.78, 5) is 26.6. The fourth-order valence-electron chi connectivity index (χ4n) is 3.60. The second kappa shape index (κ2) is 8.97. The number of amides is 1. The van der Waals surface area contributed by atoms with Gasteiger partial charge in [0.05, 0.1) is 25.4 Å². The van der Waals surface area contributed by atoms with Crippen LogP contribution < -0.4 is 5.32 Å². The van der Waals surface area contributed by atoms with Crippen LogP contribution in [0.1, 0.15) is 42.4 Å². The maximum absolute atomic E-state index is 12.8. The van der Waals surface area contributed by atoms with Gasteiger partial charge >= 0.3 is 5.97 Å². The third-order valence-electron chi connectivity index (χ3n) is 5.12. The van der Waals surface area contributed by atoms with Crippen LogP contribution in [0.25, 0.3) is 0 Å².